The van der Waals surface area contributed by atoms with Crippen molar-refractivity contribution >= 4 is 22.7 Å². The number of carbonyl (C=O) groups excluding carboxylic acids is 2. The van der Waals surface area contributed by atoms with Crippen molar-refractivity contribution < 1.29 is 23.5 Å². The number of methoxy groups -OCH3 is 1. The quantitative estimate of drug-likeness (QED) is 0.785. The van der Waals surface area contributed by atoms with Gasteiger partial charge in [0.15, 0.2) is 5.78 Å². The Bertz CT molecular complexity index is 712. The van der Waals surface area contributed by atoms with Crippen molar-refractivity contribution in [1.82, 2.24) is 0 Å². The largest absolute Gasteiger partial charge is 0.478 e. The second-order valence-electron chi connectivity index (χ2n) is 4.53. The van der Waals surface area contributed by atoms with Crippen molar-refractivity contribution in [2.24, 2.45) is 0 Å². The topological polar surface area (TPSA) is 65.7 Å². The fraction of sp³-hybridized carbons (Fsp3) is 0.200. The van der Waals surface area contributed by atoms with E-state index in [0.717, 1.165) is 5.39 Å². The van der Waals surface area contributed by atoms with Crippen LogP contribution in [0, 0.1) is 0 Å². The Morgan fingerprint density at radius 2 is 2.15 bits per heavy atom. The van der Waals surface area contributed by atoms with Gasteiger partial charge in [-0.05, 0) is 6.07 Å². The number of furan rings is 1. The molecule has 0 aliphatic carbocycles. The smallest absolute Gasteiger partial charge is 0.355 e. The van der Waals surface area contributed by atoms with Crippen molar-refractivity contribution in [3.8, 4) is 0 Å². The van der Waals surface area contributed by atoms with Crippen molar-refractivity contribution in [3.63, 3.8) is 0 Å². The van der Waals surface area contributed by atoms with Gasteiger partial charge in [-0.3, -0.25) is 4.79 Å². The second-order valence-corrected chi connectivity index (χ2v) is 4.53. The molecule has 0 radical (unpaired) electrons. The van der Waals surface area contributed by atoms with Crippen LogP contribution in [0.2, 0.25) is 0 Å². The standard InChI is InChI=1S/C15H12O5/c1-18-14(17)15(8-10(16)6-7-20-15)12-9-19-13-5-3-2-4-11(12)13/h2-7,9H,8H2,1H3. The minimum atomic E-state index is -1.48. The van der Waals surface area contributed by atoms with Gasteiger partial charge in [-0.1, -0.05) is 18.2 Å². The molecule has 3 rings (SSSR count). The molecule has 0 N–H and O–H groups in total. The molecule has 1 atom stereocenters. The third kappa shape index (κ3) is 1.71. The van der Waals surface area contributed by atoms with Crippen molar-refractivity contribution in [2.75, 3.05) is 7.11 Å². The number of esters is 1. The van der Waals surface area contributed by atoms with Gasteiger partial charge in [0, 0.05) is 11.5 Å². The maximum Gasteiger partial charge on any atom is 0.355 e. The van der Waals surface area contributed by atoms with Crippen LogP contribution in [0.25, 0.3) is 11.0 Å². The van der Waals surface area contributed by atoms with Gasteiger partial charge >= 0.3 is 5.97 Å². The monoisotopic (exact) mass is 272 g/mol. The number of hydrogen-bond donors (Lipinski definition) is 0. The molecule has 0 bridgehead atoms. The van der Waals surface area contributed by atoms with E-state index in [1.54, 1.807) is 6.07 Å². The van der Waals surface area contributed by atoms with Gasteiger partial charge in [0.05, 0.1) is 31.6 Å². The molecule has 1 aliphatic rings. The van der Waals surface area contributed by atoms with Crippen LogP contribution in [0.1, 0.15) is 12.0 Å². The Balaban J connectivity index is 2.22. The highest BCUT2D eigenvalue weighted by Gasteiger charge is 2.48. The van der Waals surface area contributed by atoms with E-state index in [1.165, 1.54) is 25.7 Å². The molecule has 1 unspecified atom stereocenters. The highest BCUT2D eigenvalue weighted by Crippen LogP contribution is 2.39. The number of hydrogen-bond acceptors (Lipinski definition) is 5. The Labute approximate surface area is 114 Å². The summed E-state index contributed by atoms with van der Waals surface area (Å²) in [5, 5.41) is 0.723. The summed E-state index contributed by atoms with van der Waals surface area (Å²) in [4.78, 5) is 23.9. The lowest BCUT2D eigenvalue weighted by atomic mass is 9.87. The van der Waals surface area contributed by atoms with Crippen molar-refractivity contribution in [2.45, 2.75) is 12.0 Å². The van der Waals surface area contributed by atoms with Crippen LogP contribution >= 0.6 is 0 Å². The van der Waals surface area contributed by atoms with Gasteiger partial charge < -0.3 is 13.9 Å². The van der Waals surface area contributed by atoms with E-state index >= 15 is 0 Å². The Kier molecular flexibility index (Phi) is 2.82. The van der Waals surface area contributed by atoms with Crippen LogP contribution in [0.5, 0.6) is 0 Å². The van der Waals surface area contributed by atoms with Gasteiger partial charge in [0.1, 0.15) is 5.58 Å². The van der Waals surface area contributed by atoms with Crippen LogP contribution in [-0.2, 0) is 24.7 Å². The number of allylic oxidation sites excluding steroid dienone is 1. The third-order valence-corrected chi connectivity index (χ3v) is 3.38. The van der Waals surface area contributed by atoms with E-state index in [0.29, 0.717) is 11.1 Å². The summed E-state index contributed by atoms with van der Waals surface area (Å²) in [6, 6.07) is 7.25. The molecule has 5 nitrogen and oxygen atoms in total. The summed E-state index contributed by atoms with van der Waals surface area (Å²) in [6.45, 7) is 0. The highest BCUT2D eigenvalue weighted by molar-refractivity contribution is 5.99. The second kappa shape index (κ2) is 4.52. The van der Waals surface area contributed by atoms with E-state index in [1.807, 2.05) is 18.2 Å². The average molecular weight is 272 g/mol. The highest BCUT2D eigenvalue weighted by atomic mass is 16.6. The summed E-state index contributed by atoms with van der Waals surface area (Å²) in [6.07, 6.45) is 3.85. The molecular formula is C15H12O5. The number of rotatable bonds is 2. The molecule has 2 aromatic rings. The van der Waals surface area contributed by atoms with Crippen molar-refractivity contribution in [1.29, 1.82) is 0 Å². The first-order chi connectivity index (χ1) is 9.67. The lowest BCUT2D eigenvalue weighted by molar-refractivity contribution is -0.168. The van der Waals surface area contributed by atoms with Gasteiger partial charge in [0.2, 0.25) is 5.60 Å². The molecule has 0 saturated heterocycles. The predicted octanol–water partition coefficient (Wildman–Crippen LogP) is 2.30. The molecule has 0 fully saturated rings. The summed E-state index contributed by atoms with van der Waals surface area (Å²) in [7, 11) is 1.26. The number of carbonyl (C=O) groups is 2. The first-order valence-corrected chi connectivity index (χ1v) is 6.10. The molecule has 1 aromatic carbocycles. The maximum atomic E-state index is 12.2. The number of para-hydroxylation sites is 1. The fourth-order valence-corrected chi connectivity index (χ4v) is 2.42. The van der Waals surface area contributed by atoms with Gasteiger partial charge in [-0.2, -0.15) is 0 Å². The number of ether oxygens (including phenoxy) is 2. The zero-order valence-corrected chi connectivity index (χ0v) is 10.8. The Morgan fingerprint density at radius 3 is 2.90 bits per heavy atom. The number of fused-ring (bicyclic) bond motifs is 1. The Morgan fingerprint density at radius 1 is 1.35 bits per heavy atom. The van der Waals surface area contributed by atoms with E-state index in [4.69, 9.17) is 13.9 Å². The molecule has 0 amide bonds. The summed E-state index contributed by atoms with van der Waals surface area (Å²) >= 11 is 0. The first-order valence-electron chi connectivity index (χ1n) is 6.10. The zero-order valence-electron chi connectivity index (χ0n) is 10.8. The molecule has 20 heavy (non-hydrogen) atoms. The van der Waals surface area contributed by atoms with E-state index in [2.05, 4.69) is 0 Å². The lowest BCUT2D eigenvalue weighted by Gasteiger charge is -2.30. The van der Waals surface area contributed by atoms with Gasteiger partial charge in [-0.25, -0.2) is 4.79 Å². The molecule has 1 aromatic heterocycles. The predicted molar refractivity (Wildman–Crippen MR) is 69.8 cm³/mol. The number of ketones is 1. The molecule has 0 spiro atoms. The molecule has 102 valence electrons. The Hall–Kier alpha value is -2.56. The van der Waals surface area contributed by atoms with Gasteiger partial charge in [-0.15, -0.1) is 0 Å². The molecule has 0 saturated carbocycles. The summed E-state index contributed by atoms with van der Waals surface area (Å²) in [5.41, 5.74) is -0.360. The fourth-order valence-electron chi connectivity index (χ4n) is 2.42. The normalized spacial score (nSPS) is 21.8. The first kappa shape index (κ1) is 12.5. The molecule has 1 aliphatic heterocycles. The minimum absolute atomic E-state index is 0.111. The van der Waals surface area contributed by atoms with E-state index < -0.39 is 11.6 Å². The van der Waals surface area contributed by atoms with Crippen LogP contribution in [0.15, 0.2) is 47.3 Å². The average Bonchev–Trinajstić information content (AvgIpc) is 2.90. The minimum Gasteiger partial charge on any atom is -0.478 e. The van der Waals surface area contributed by atoms with Crippen LogP contribution in [-0.4, -0.2) is 18.9 Å². The maximum absolute atomic E-state index is 12.2. The third-order valence-electron chi connectivity index (χ3n) is 3.38. The molecule has 5 heteroatoms. The number of benzene rings is 1. The van der Waals surface area contributed by atoms with E-state index in [9.17, 15) is 9.59 Å². The van der Waals surface area contributed by atoms with Crippen LogP contribution < -0.4 is 0 Å². The van der Waals surface area contributed by atoms with Gasteiger partial charge in [0.25, 0.3) is 0 Å². The van der Waals surface area contributed by atoms with Crippen molar-refractivity contribution in [3.05, 3.63) is 48.4 Å². The zero-order chi connectivity index (χ0) is 14.2. The summed E-state index contributed by atoms with van der Waals surface area (Å²) < 4.78 is 15.8. The lowest BCUT2D eigenvalue weighted by Crippen LogP contribution is -2.42. The molecular weight excluding hydrogens is 260 g/mol. The van der Waals surface area contributed by atoms with E-state index in [-0.39, 0.29) is 12.2 Å². The van der Waals surface area contributed by atoms with Crippen LogP contribution in [0.4, 0.5) is 0 Å². The molecule has 2 heterocycles. The van der Waals surface area contributed by atoms with Crippen LogP contribution in [0.3, 0.4) is 0 Å². The summed E-state index contributed by atoms with van der Waals surface area (Å²) in [5.74, 6) is -0.825. The SMILES string of the molecule is COC(=O)C1(c2coc3ccccc23)CC(=O)C=CO1.